The molecule has 156 valence electrons. The van der Waals surface area contributed by atoms with Crippen LogP contribution in [0.3, 0.4) is 0 Å². The lowest BCUT2D eigenvalue weighted by molar-refractivity contribution is 0.0276. The summed E-state index contributed by atoms with van der Waals surface area (Å²) in [5, 5.41) is 21.3. The lowest BCUT2D eigenvalue weighted by Gasteiger charge is -2.22. The molecule has 0 aromatic carbocycles. The summed E-state index contributed by atoms with van der Waals surface area (Å²) in [7, 11) is 1.84. The van der Waals surface area contributed by atoms with Crippen LogP contribution in [0.5, 0.6) is 0 Å². The lowest BCUT2D eigenvalue weighted by atomic mass is 9.98. The summed E-state index contributed by atoms with van der Waals surface area (Å²) in [5.74, 6) is 0.717. The van der Waals surface area contributed by atoms with E-state index in [1.807, 2.05) is 20.2 Å². The van der Waals surface area contributed by atoms with Crippen LogP contribution in [-0.2, 0) is 17.4 Å². The first kappa shape index (κ1) is 24.2. The van der Waals surface area contributed by atoms with Gasteiger partial charge in [-0.15, -0.1) is 24.0 Å². The highest BCUT2D eigenvalue weighted by molar-refractivity contribution is 14.0. The maximum Gasteiger partial charge on any atom is 0.191 e. The molecule has 1 aromatic heterocycles. The van der Waals surface area contributed by atoms with Gasteiger partial charge in [0.2, 0.25) is 0 Å². The van der Waals surface area contributed by atoms with Gasteiger partial charge in [-0.2, -0.15) is 5.10 Å². The van der Waals surface area contributed by atoms with Crippen LogP contribution < -0.4 is 10.6 Å². The van der Waals surface area contributed by atoms with Crippen molar-refractivity contribution >= 4 is 29.9 Å². The molecule has 2 rings (SSSR count). The van der Waals surface area contributed by atoms with E-state index in [9.17, 15) is 5.11 Å². The molecule has 1 atom stereocenters. The first-order chi connectivity index (χ1) is 12.5. The van der Waals surface area contributed by atoms with Crippen LogP contribution in [0.15, 0.2) is 17.4 Å². The molecular weight excluding hydrogens is 457 g/mol. The Morgan fingerprint density at radius 3 is 2.74 bits per heavy atom. The first-order valence-electron chi connectivity index (χ1n) is 9.86. The fourth-order valence-electron chi connectivity index (χ4n) is 3.13. The van der Waals surface area contributed by atoms with Gasteiger partial charge in [0.25, 0.3) is 0 Å². The Balaban J connectivity index is 0.00000364. The fraction of sp³-hybridized carbons (Fsp3) is 0.789. The quantitative estimate of drug-likeness (QED) is 0.213. The molecule has 8 heteroatoms. The summed E-state index contributed by atoms with van der Waals surface area (Å²) in [6.45, 7) is 6.42. The van der Waals surface area contributed by atoms with Gasteiger partial charge in [0.05, 0.1) is 18.8 Å². The number of aryl methyl sites for hydroxylation is 1. The first-order valence-corrected chi connectivity index (χ1v) is 9.86. The second kappa shape index (κ2) is 12.6. The molecule has 0 radical (unpaired) electrons. The second-order valence-corrected chi connectivity index (χ2v) is 7.28. The van der Waals surface area contributed by atoms with Crippen molar-refractivity contribution in [1.82, 2.24) is 20.4 Å². The van der Waals surface area contributed by atoms with Crippen LogP contribution in [0.2, 0.25) is 0 Å². The predicted molar refractivity (Wildman–Crippen MR) is 120 cm³/mol. The molecule has 7 nitrogen and oxygen atoms in total. The summed E-state index contributed by atoms with van der Waals surface area (Å²) in [4.78, 5) is 4.52. The minimum atomic E-state index is -1.04. The van der Waals surface area contributed by atoms with Gasteiger partial charge >= 0.3 is 0 Å². The zero-order chi connectivity index (χ0) is 18.8. The summed E-state index contributed by atoms with van der Waals surface area (Å²) in [6, 6.07) is 0. The Labute approximate surface area is 180 Å². The normalized spacial score (nSPS) is 17.9. The van der Waals surface area contributed by atoms with Gasteiger partial charge in [-0.1, -0.05) is 19.3 Å². The number of halogens is 1. The molecule has 27 heavy (non-hydrogen) atoms. The molecule has 1 aromatic rings. The number of aromatic nitrogens is 2. The summed E-state index contributed by atoms with van der Waals surface area (Å²) in [6.07, 6.45) is 11.3. The Kier molecular flexibility index (Phi) is 11.2. The molecular formula is C19H36IN5O2. The Morgan fingerprint density at radius 2 is 2.11 bits per heavy atom. The molecule has 0 bridgehead atoms. The number of aliphatic imine (C=N–C) groups is 1. The maximum atomic E-state index is 10.6. The Morgan fingerprint density at radius 1 is 1.37 bits per heavy atom. The zero-order valence-corrected chi connectivity index (χ0v) is 19.2. The van der Waals surface area contributed by atoms with Crippen LogP contribution in [0.4, 0.5) is 0 Å². The number of hydrogen-bond donors (Lipinski definition) is 3. The Bertz CT molecular complexity index is 556. The van der Waals surface area contributed by atoms with Crippen LogP contribution >= 0.6 is 24.0 Å². The summed E-state index contributed by atoms with van der Waals surface area (Å²) < 4.78 is 7.63. The third-order valence-corrected chi connectivity index (χ3v) is 4.74. The maximum absolute atomic E-state index is 10.6. The van der Waals surface area contributed by atoms with E-state index in [4.69, 9.17) is 4.74 Å². The Hall–Kier alpha value is -0.870. The number of nitrogens with one attached hydrogen (secondary N) is 2. The summed E-state index contributed by atoms with van der Waals surface area (Å²) >= 11 is 0. The van der Waals surface area contributed by atoms with Crippen LogP contribution in [0, 0.1) is 0 Å². The lowest BCUT2D eigenvalue weighted by Crippen LogP contribution is -2.39. The van der Waals surface area contributed by atoms with E-state index in [0.29, 0.717) is 12.1 Å². The highest BCUT2D eigenvalue weighted by Gasteiger charge is 2.24. The van der Waals surface area contributed by atoms with Crippen LogP contribution in [0.25, 0.3) is 0 Å². The van der Waals surface area contributed by atoms with E-state index in [2.05, 4.69) is 20.7 Å². The summed E-state index contributed by atoms with van der Waals surface area (Å²) in [5.41, 5.74) is -0.277. The smallest absolute Gasteiger partial charge is 0.191 e. The van der Waals surface area contributed by atoms with Crippen LogP contribution in [0.1, 0.15) is 57.9 Å². The monoisotopic (exact) mass is 493 g/mol. The molecule has 3 N–H and O–H groups in total. The van der Waals surface area contributed by atoms with Gasteiger partial charge in [0.1, 0.15) is 5.60 Å². The standard InChI is InChI=1S/C19H35N5O2.HI/c1-4-20-18(21-11-8-12-26-17-9-6-5-7-10-17)22-15-19(2,25)16-13-23-24(3)14-16;/h13-14,17,25H,4-12,15H2,1-3H3,(H2,20,21,22);1H. The number of rotatable bonds is 9. The highest BCUT2D eigenvalue weighted by atomic mass is 127. The number of hydrogen-bond acceptors (Lipinski definition) is 4. The largest absolute Gasteiger partial charge is 0.383 e. The second-order valence-electron chi connectivity index (χ2n) is 7.28. The molecule has 1 fully saturated rings. The predicted octanol–water partition coefficient (Wildman–Crippen LogP) is 2.54. The van der Waals surface area contributed by atoms with Crippen LogP contribution in [-0.4, -0.2) is 53.2 Å². The van der Waals surface area contributed by atoms with Crippen molar-refractivity contribution in [3.63, 3.8) is 0 Å². The van der Waals surface area contributed by atoms with Crippen molar-refractivity contribution in [1.29, 1.82) is 0 Å². The van der Waals surface area contributed by atoms with Crippen molar-refractivity contribution in [2.45, 2.75) is 64.1 Å². The highest BCUT2D eigenvalue weighted by Crippen LogP contribution is 2.20. The SMILES string of the molecule is CCNC(=NCC(C)(O)c1cnn(C)c1)NCCCOC1CCCCC1.I. The molecule has 0 saturated heterocycles. The third-order valence-electron chi connectivity index (χ3n) is 4.74. The zero-order valence-electron chi connectivity index (χ0n) is 16.9. The van der Waals surface area contributed by atoms with Crippen molar-refractivity contribution in [3.05, 3.63) is 18.0 Å². The van der Waals surface area contributed by atoms with E-state index >= 15 is 0 Å². The van der Waals surface area contributed by atoms with Gasteiger partial charge in [0, 0.05) is 38.5 Å². The van der Waals surface area contributed by atoms with Gasteiger partial charge in [-0.25, -0.2) is 4.99 Å². The molecule has 1 unspecified atom stereocenters. The van der Waals surface area contributed by atoms with E-state index < -0.39 is 5.60 Å². The van der Waals surface area contributed by atoms with E-state index in [1.165, 1.54) is 32.1 Å². The number of nitrogens with zero attached hydrogens (tertiary/aromatic N) is 3. The average molecular weight is 493 g/mol. The van der Waals surface area contributed by atoms with E-state index in [0.717, 1.165) is 31.7 Å². The van der Waals surface area contributed by atoms with Gasteiger partial charge in [-0.3, -0.25) is 4.68 Å². The molecule has 0 aliphatic heterocycles. The number of aliphatic hydroxyl groups is 1. The molecule has 0 spiro atoms. The minimum Gasteiger partial charge on any atom is -0.383 e. The van der Waals surface area contributed by atoms with Crippen molar-refractivity contribution in [2.24, 2.45) is 12.0 Å². The average Bonchev–Trinajstić information content (AvgIpc) is 3.07. The van der Waals surface area contributed by atoms with Gasteiger partial charge in [0.15, 0.2) is 5.96 Å². The van der Waals surface area contributed by atoms with Gasteiger partial charge < -0.3 is 20.5 Å². The van der Waals surface area contributed by atoms with E-state index in [1.54, 1.807) is 17.8 Å². The van der Waals surface area contributed by atoms with E-state index in [-0.39, 0.29) is 30.5 Å². The fourth-order valence-corrected chi connectivity index (χ4v) is 3.13. The number of ether oxygens (including phenoxy) is 1. The van der Waals surface area contributed by atoms with Crippen molar-refractivity contribution in [2.75, 3.05) is 26.2 Å². The van der Waals surface area contributed by atoms with Crippen molar-refractivity contribution < 1.29 is 9.84 Å². The molecule has 1 aliphatic carbocycles. The molecule has 0 amide bonds. The topological polar surface area (TPSA) is 83.7 Å². The third kappa shape index (κ3) is 8.78. The molecule has 1 saturated carbocycles. The minimum absolute atomic E-state index is 0. The molecule has 1 aliphatic rings. The molecule has 1 heterocycles. The van der Waals surface area contributed by atoms with Crippen molar-refractivity contribution in [3.8, 4) is 0 Å². The van der Waals surface area contributed by atoms with Gasteiger partial charge in [-0.05, 0) is 33.1 Å². The number of guanidine groups is 1.